The second-order valence-electron chi connectivity index (χ2n) is 4.02. The summed E-state index contributed by atoms with van der Waals surface area (Å²) in [5.41, 5.74) is 2.12. The van der Waals surface area contributed by atoms with Crippen LogP contribution in [0.1, 0.15) is 35.9 Å². The molecule has 3 N–H and O–H groups in total. The minimum Gasteiger partial charge on any atom is -0.345 e. The Bertz CT molecular complexity index is 379. The van der Waals surface area contributed by atoms with Crippen molar-refractivity contribution in [1.82, 2.24) is 10.4 Å². The maximum absolute atomic E-state index is 11.3. The third-order valence-electron chi connectivity index (χ3n) is 2.90. The zero-order valence-electron chi connectivity index (χ0n) is 9.27. The van der Waals surface area contributed by atoms with Crippen molar-refractivity contribution in [3.8, 4) is 0 Å². The number of nitrogens with two attached hydrogens (primary N) is 1. The second-order valence-corrected chi connectivity index (χ2v) is 5.03. The highest BCUT2D eigenvalue weighted by molar-refractivity contribution is 7.17. The molecule has 88 valence electrons. The van der Waals surface area contributed by atoms with Gasteiger partial charge >= 0.3 is 0 Å². The van der Waals surface area contributed by atoms with Gasteiger partial charge in [0.25, 0.3) is 5.91 Å². The van der Waals surface area contributed by atoms with Crippen LogP contribution in [0, 0.1) is 0 Å². The zero-order chi connectivity index (χ0) is 11.5. The standard InChI is InChI=1S/C10H16N4OS/c1-7-4-2-3-5-14(7)10-12-6-8(16-10)9(15)13-11/h6-7H,2-5,11H2,1H3,(H,13,15). The summed E-state index contributed by atoms with van der Waals surface area (Å²) < 4.78 is 0. The molecule has 16 heavy (non-hydrogen) atoms. The number of hydrogen-bond donors (Lipinski definition) is 2. The number of nitrogens with one attached hydrogen (secondary N) is 1. The Morgan fingerprint density at radius 3 is 3.19 bits per heavy atom. The first-order valence-corrected chi connectivity index (χ1v) is 6.27. The smallest absolute Gasteiger partial charge is 0.276 e. The molecular formula is C10H16N4OS. The van der Waals surface area contributed by atoms with Crippen LogP contribution in [0.2, 0.25) is 0 Å². The van der Waals surface area contributed by atoms with Gasteiger partial charge in [-0.05, 0) is 26.2 Å². The van der Waals surface area contributed by atoms with Gasteiger partial charge in [-0.15, -0.1) is 0 Å². The van der Waals surface area contributed by atoms with Gasteiger partial charge in [0.1, 0.15) is 4.88 Å². The molecular weight excluding hydrogens is 224 g/mol. The molecule has 1 aromatic heterocycles. The molecule has 2 heterocycles. The maximum atomic E-state index is 11.3. The molecule has 1 amide bonds. The molecule has 0 aromatic carbocycles. The van der Waals surface area contributed by atoms with E-state index in [9.17, 15) is 4.79 Å². The molecule has 1 saturated heterocycles. The quantitative estimate of drug-likeness (QED) is 0.462. The number of carbonyl (C=O) groups excluding carboxylic acids is 1. The number of amides is 1. The number of carbonyl (C=O) groups is 1. The molecule has 0 saturated carbocycles. The highest BCUT2D eigenvalue weighted by Gasteiger charge is 2.22. The Morgan fingerprint density at radius 1 is 1.69 bits per heavy atom. The third kappa shape index (κ3) is 2.17. The zero-order valence-corrected chi connectivity index (χ0v) is 10.1. The van der Waals surface area contributed by atoms with Gasteiger partial charge in [0.2, 0.25) is 0 Å². The molecule has 1 unspecified atom stereocenters. The fourth-order valence-electron chi connectivity index (χ4n) is 1.96. The van der Waals surface area contributed by atoms with Gasteiger partial charge in [0.15, 0.2) is 5.13 Å². The van der Waals surface area contributed by atoms with Crippen LogP contribution in [-0.4, -0.2) is 23.5 Å². The van der Waals surface area contributed by atoms with E-state index in [1.54, 1.807) is 6.20 Å². The Morgan fingerprint density at radius 2 is 2.50 bits per heavy atom. The normalized spacial score (nSPS) is 20.9. The van der Waals surface area contributed by atoms with E-state index in [1.165, 1.54) is 30.6 Å². The van der Waals surface area contributed by atoms with E-state index in [-0.39, 0.29) is 5.91 Å². The largest absolute Gasteiger partial charge is 0.345 e. The average Bonchev–Trinajstić information content (AvgIpc) is 2.78. The van der Waals surface area contributed by atoms with Crippen LogP contribution in [0.25, 0.3) is 0 Å². The second kappa shape index (κ2) is 4.80. The molecule has 0 bridgehead atoms. The highest BCUT2D eigenvalue weighted by Crippen LogP contribution is 2.28. The summed E-state index contributed by atoms with van der Waals surface area (Å²) >= 11 is 1.40. The van der Waals surface area contributed by atoms with Crippen molar-refractivity contribution in [2.75, 3.05) is 11.4 Å². The minimum absolute atomic E-state index is 0.270. The lowest BCUT2D eigenvalue weighted by atomic mass is 10.1. The number of aromatic nitrogens is 1. The van der Waals surface area contributed by atoms with Crippen molar-refractivity contribution in [3.05, 3.63) is 11.1 Å². The van der Waals surface area contributed by atoms with E-state index >= 15 is 0 Å². The first-order chi connectivity index (χ1) is 7.72. The molecule has 6 heteroatoms. The Labute approximate surface area is 98.6 Å². The van der Waals surface area contributed by atoms with Crippen LogP contribution in [0.4, 0.5) is 5.13 Å². The topological polar surface area (TPSA) is 71.2 Å². The number of thiazole rings is 1. The number of nitrogen functional groups attached to an aromatic ring is 1. The first-order valence-electron chi connectivity index (χ1n) is 5.46. The lowest BCUT2D eigenvalue weighted by Gasteiger charge is -2.32. The maximum Gasteiger partial charge on any atom is 0.276 e. The first kappa shape index (κ1) is 11.3. The highest BCUT2D eigenvalue weighted by atomic mass is 32.1. The predicted octanol–water partition coefficient (Wildman–Crippen LogP) is 1.13. The Balaban J connectivity index is 2.14. The SMILES string of the molecule is CC1CCCCN1c1ncc(C(=O)NN)s1. The molecule has 1 aromatic rings. The summed E-state index contributed by atoms with van der Waals surface area (Å²) in [4.78, 5) is 18.4. The summed E-state index contributed by atoms with van der Waals surface area (Å²) in [6.07, 6.45) is 5.25. The summed E-state index contributed by atoms with van der Waals surface area (Å²) in [5, 5.41) is 0.922. The van der Waals surface area contributed by atoms with Crippen molar-refractivity contribution >= 4 is 22.4 Å². The van der Waals surface area contributed by atoms with Crippen molar-refractivity contribution in [1.29, 1.82) is 0 Å². The summed E-state index contributed by atoms with van der Waals surface area (Å²) in [6, 6.07) is 0.508. The molecule has 5 nitrogen and oxygen atoms in total. The lowest BCUT2D eigenvalue weighted by Crippen LogP contribution is -2.37. The van der Waals surface area contributed by atoms with E-state index in [0.29, 0.717) is 10.9 Å². The number of piperidine rings is 1. The molecule has 1 aliphatic heterocycles. The average molecular weight is 240 g/mol. The van der Waals surface area contributed by atoms with E-state index in [0.717, 1.165) is 11.7 Å². The van der Waals surface area contributed by atoms with E-state index in [2.05, 4.69) is 22.2 Å². The summed E-state index contributed by atoms with van der Waals surface area (Å²) in [6.45, 7) is 3.22. The lowest BCUT2D eigenvalue weighted by molar-refractivity contribution is 0.0957. The van der Waals surface area contributed by atoms with Crippen molar-refractivity contribution in [2.24, 2.45) is 5.84 Å². The fourth-order valence-corrected chi connectivity index (χ4v) is 2.90. The number of rotatable bonds is 2. The van der Waals surface area contributed by atoms with Crippen LogP contribution < -0.4 is 16.2 Å². The van der Waals surface area contributed by atoms with Crippen molar-refractivity contribution < 1.29 is 4.79 Å². The van der Waals surface area contributed by atoms with Gasteiger partial charge in [-0.1, -0.05) is 11.3 Å². The Kier molecular flexibility index (Phi) is 3.40. The third-order valence-corrected chi connectivity index (χ3v) is 3.93. The number of hydrogen-bond acceptors (Lipinski definition) is 5. The van der Waals surface area contributed by atoms with Crippen LogP contribution in [0.3, 0.4) is 0 Å². The minimum atomic E-state index is -0.270. The molecule has 1 fully saturated rings. The van der Waals surface area contributed by atoms with Crippen molar-refractivity contribution in [2.45, 2.75) is 32.2 Å². The van der Waals surface area contributed by atoms with Crippen LogP contribution >= 0.6 is 11.3 Å². The molecule has 1 aliphatic rings. The fraction of sp³-hybridized carbons (Fsp3) is 0.600. The van der Waals surface area contributed by atoms with Gasteiger partial charge in [-0.25, -0.2) is 10.8 Å². The van der Waals surface area contributed by atoms with E-state index in [4.69, 9.17) is 5.84 Å². The van der Waals surface area contributed by atoms with Gasteiger partial charge in [0, 0.05) is 12.6 Å². The van der Waals surface area contributed by atoms with E-state index < -0.39 is 0 Å². The van der Waals surface area contributed by atoms with E-state index in [1.807, 2.05) is 0 Å². The number of hydrazine groups is 1. The Hall–Kier alpha value is -1.14. The monoisotopic (exact) mass is 240 g/mol. The summed E-state index contributed by atoms with van der Waals surface area (Å²) in [7, 11) is 0. The van der Waals surface area contributed by atoms with Crippen LogP contribution in [-0.2, 0) is 0 Å². The van der Waals surface area contributed by atoms with Crippen LogP contribution in [0.15, 0.2) is 6.20 Å². The van der Waals surface area contributed by atoms with Crippen LogP contribution in [0.5, 0.6) is 0 Å². The van der Waals surface area contributed by atoms with Gasteiger partial charge in [-0.3, -0.25) is 10.2 Å². The summed E-state index contributed by atoms with van der Waals surface area (Å²) in [5.74, 6) is 4.81. The molecule has 0 radical (unpaired) electrons. The van der Waals surface area contributed by atoms with Crippen molar-refractivity contribution in [3.63, 3.8) is 0 Å². The molecule has 2 rings (SSSR count). The molecule has 0 spiro atoms. The van der Waals surface area contributed by atoms with Gasteiger partial charge < -0.3 is 4.90 Å². The number of anilines is 1. The van der Waals surface area contributed by atoms with Gasteiger partial charge in [-0.2, -0.15) is 0 Å². The van der Waals surface area contributed by atoms with Gasteiger partial charge in [0.05, 0.1) is 6.20 Å². The number of nitrogens with zero attached hydrogens (tertiary/aromatic N) is 2. The molecule has 1 atom stereocenters. The molecule has 0 aliphatic carbocycles. The predicted molar refractivity (Wildman–Crippen MR) is 64.4 cm³/mol.